The van der Waals surface area contributed by atoms with Gasteiger partial charge in [0.05, 0.1) is 10.8 Å². The van der Waals surface area contributed by atoms with Gasteiger partial charge in [-0.1, -0.05) is 6.08 Å². The molecule has 1 heterocycles. The summed E-state index contributed by atoms with van der Waals surface area (Å²) >= 11 is 0. The Morgan fingerprint density at radius 2 is 2.36 bits per heavy atom. The lowest BCUT2D eigenvalue weighted by Gasteiger charge is -2.28. The molecule has 1 amide bonds. The third-order valence-corrected chi connectivity index (χ3v) is 2.62. The van der Waals surface area contributed by atoms with E-state index in [0.29, 0.717) is 6.54 Å². The van der Waals surface area contributed by atoms with Gasteiger partial charge in [-0.15, -0.1) is 0 Å². The number of carbonyl (C=O) groups is 1. The molecule has 0 unspecified atom stereocenters. The standard InChI is InChI=1S/C9H10N2O3/c12-9-8-5-7(11(13)14)2-1-6(8)3-4-10-9/h1-2,5-6,8H,3-4H2,(H,10,12)/t6-,8+/m1/s1. The lowest BCUT2D eigenvalue weighted by molar-refractivity contribution is -0.419. The molecule has 0 spiro atoms. The van der Waals surface area contributed by atoms with Crippen molar-refractivity contribution in [1.29, 1.82) is 0 Å². The van der Waals surface area contributed by atoms with Crippen molar-refractivity contribution in [2.75, 3.05) is 6.54 Å². The van der Waals surface area contributed by atoms with Gasteiger partial charge in [0.1, 0.15) is 0 Å². The molecule has 14 heavy (non-hydrogen) atoms. The van der Waals surface area contributed by atoms with Gasteiger partial charge in [-0.05, 0) is 12.3 Å². The second kappa shape index (κ2) is 3.25. The van der Waals surface area contributed by atoms with Crippen LogP contribution in [0.5, 0.6) is 0 Å². The molecular weight excluding hydrogens is 184 g/mol. The van der Waals surface area contributed by atoms with E-state index in [-0.39, 0.29) is 23.4 Å². The molecule has 0 bridgehead atoms. The highest BCUT2D eigenvalue weighted by molar-refractivity contribution is 5.82. The Bertz CT molecular complexity index is 346. The Balaban J connectivity index is 2.26. The van der Waals surface area contributed by atoms with E-state index in [4.69, 9.17) is 0 Å². The predicted octanol–water partition coefficient (Wildman–Crippen LogP) is 0.469. The van der Waals surface area contributed by atoms with E-state index >= 15 is 0 Å². The summed E-state index contributed by atoms with van der Waals surface area (Å²) in [6.45, 7) is 0.659. The molecule has 2 aliphatic rings. The van der Waals surface area contributed by atoms with Gasteiger partial charge in [-0.2, -0.15) is 0 Å². The minimum atomic E-state index is -0.464. The molecule has 1 saturated heterocycles. The number of hydrogen-bond donors (Lipinski definition) is 1. The van der Waals surface area contributed by atoms with Crippen molar-refractivity contribution < 1.29 is 9.72 Å². The molecule has 0 aromatic rings. The van der Waals surface area contributed by atoms with E-state index in [9.17, 15) is 14.9 Å². The first-order chi connectivity index (χ1) is 6.68. The maximum atomic E-state index is 11.4. The topological polar surface area (TPSA) is 72.2 Å². The van der Waals surface area contributed by atoms with Crippen molar-refractivity contribution in [3.63, 3.8) is 0 Å². The highest BCUT2D eigenvalue weighted by atomic mass is 16.6. The number of rotatable bonds is 1. The average Bonchev–Trinajstić information content (AvgIpc) is 2.18. The van der Waals surface area contributed by atoms with E-state index in [2.05, 4.69) is 5.32 Å². The summed E-state index contributed by atoms with van der Waals surface area (Å²) in [5.74, 6) is -0.327. The van der Waals surface area contributed by atoms with Crippen molar-refractivity contribution in [3.8, 4) is 0 Å². The second-order valence-electron chi connectivity index (χ2n) is 3.48. The van der Waals surface area contributed by atoms with Crippen LogP contribution >= 0.6 is 0 Å². The number of hydrogen-bond acceptors (Lipinski definition) is 3. The molecule has 0 aromatic carbocycles. The summed E-state index contributed by atoms with van der Waals surface area (Å²) in [5, 5.41) is 13.2. The van der Waals surface area contributed by atoms with Crippen LogP contribution in [0, 0.1) is 22.0 Å². The first kappa shape index (κ1) is 8.93. The third-order valence-electron chi connectivity index (χ3n) is 2.62. The number of carbonyl (C=O) groups excluding carboxylic acids is 1. The molecule has 1 N–H and O–H groups in total. The smallest absolute Gasteiger partial charge is 0.265 e. The molecule has 1 aliphatic carbocycles. The van der Waals surface area contributed by atoms with Crippen molar-refractivity contribution >= 4 is 5.91 Å². The molecule has 0 aromatic heterocycles. The number of fused-ring (bicyclic) bond motifs is 1. The summed E-state index contributed by atoms with van der Waals surface area (Å²) in [7, 11) is 0. The Kier molecular flexibility index (Phi) is 2.07. The molecular formula is C9H10N2O3. The number of piperidine rings is 1. The quantitative estimate of drug-likeness (QED) is 0.487. The fraction of sp³-hybridized carbons (Fsp3) is 0.444. The van der Waals surface area contributed by atoms with Gasteiger partial charge in [0.15, 0.2) is 0 Å². The predicted molar refractivity (Wildman–Crippen MR) is 48.8 cm³/mol. The van der Waals surface area contributed by atoms with Crippen LogP contribution in [0.1, 0.15) is 6.42 Å². The van der Waals surface area contributed by atoms with Gasteiger partial charge in [0.2, 0.25) is 5.91 Å². The Hall–Kier alpha value is -1.65. The Labute approximate surface area is 80.6 Å². The summed E-state index contributed by atoms with van der Waals surface area (Å²) in [6.07, 6.45) is 5.55. The molecule has 2 atom stereocenters. The summed E-state index contributed by atoms with van der Waals surface area (Å²) in [4.78, 5) is 21.4. The summed E-state index contributed by atoms with van der Waals surface area (Å²) < 4.78 is 0. The van der Waals surface area contributed by atoms with Crippen LogP contribution in [-0.2, 0) is 4.79 Å². The highest BCUT2D eigenvalue weighted by Gasteiger charge is 2.33. The summed E-state index contributed by atoms with van der Waals surface area (Å²) in [6, 6.07) is 0. The van der Waals surface area contributed by atoms with Crippen LogP contribution in [0.2, 0.25) is 0 Å². The monoisotopic (exact) mass is 194 g/mol. The molecule has 5 nitrogen and oxygen atoms in total. The van der Waals surface area contributed by atoms with E-state index < -0.39 is 4.92 Å². The van der Waals surface area contributed by atoms with E-state index in [0.717, 1.165) is 6.42 Å². The van der Waals surface area contributed by atoms with Gasteiger partial charge < -0.3 is 5.32 Å². The zero-order chi connectivity index (χ0) is 10.1. The van der Waals surface area contributed by atoms with E-state index in [1.807, 2.05) is 0 Å². The third kappa shape index (κ3) is 1.41. The van der Waals surface area contributed by atoms with Crippen LogP contribution in [0.3, 0.4) is 0 Å². The average molecular weight is 194 g/mol. The SMILES string of the molecule is O=C1NCC[C@H]2C=CC([N+](=O)[O-])=C[C@H]12. The molecule has 1 fully saturated rings. The zero-order valence-corrected chi connectivity index (χ0v) is 7.47. The maximum Gasteiger partial charge on any atom is 0.265 e. The number of nitrogens with zero attached hydrogens (tertiary/aromatic N) is 1. The van der Waals surface area contributed by atoms with Gasteiger partial charge in [0, 0.05) is 18.7 Å². The number of nitro groups is 1. The molecule has 0 saturated carbocycles. The zero-order valence-electron chi connectivity index (χ0n) is 7.47. The minimum absolute atomic E-state index is 0.0169. The molecule has 5 heteroatoms. The van der Waals surface area contributed by atoms with Gasteiger partial charge in [-0.3, -0.25) is 14.9 Å². The molecule has 1 aliphatic heterocycles. The number of allylic oxidation sites excluding steroid dienone is 2. The second-order valence-corrected chi connectivity index (χ2v) is 3.48. The first-order valence-electron chi connectivity index (χ1n) is 4.50. The van der Waals surface area contributed by atoms with Crippen LogP contribution in [-0.4, -0.2) is 17.4 Å². The highest BCUT2D eigenvalue weighted by Crippen LogP contribution is 2.28. The van der Waals surface area contributed by atoms with Gasteiger partial charge in [0.25, 0.3) is 5.70 Å². The maximum absolute atomic E-state index is 11.4. The molecule has 0 radical (unpaired) electrons. The van der Waals surface area contributed by atoms with Gasteiger partial charge in [-0.25, -0.2) is 0 Å². The number of amides is 1. The van der Waals surface area contributed by atoms with Crippen molar-refractivity contribution in [2.45, 2.75) is 6.42 Å². The fourth-order valence-corrected chi connectivity index (χ4v) is 1.85. The molecule has 2 rings (SSSR count). The normalized spacial score (nSPS) is 30.3. The van der Waals surface area contributed by atoms with Crippen LogP contribution in [0.15, 0.2) is 23.9 Å². The van der Waals surface area contributed by atoms with Crippen molar-refractivity contribution in [3.05, 3.63) is 34.0 Å². The van der Waals surface area contributed by atoms with E-state index in [1.165, 1.54) is 12.2 Å². The van der Waals surface area contributed by atoms with Gasteiger partial charge >= 0.3 is 0 Å². The van der Waals surface area contributed by atoms with Crippen LogP contribution in [0.25, 0.3) is 0 Å². The summed E-state index contributed by atoms with van der Waals surface area (Å²) in [5.41, 5.74) is 0.0169. The largest absolute Gasteiger partial charge is 0.356 e. The lowest BCUT2D eigenvalue weighted by atomic mass is 9.82. The first-order valence-corrected chi connectivity index (χ1v) is 4.50. The lowest BCUT2D eigenvalue weighted by Crippen LogP contribution is -2.41. The fourth-order valence-electron chi connectivity index (χ4n) is 1.85. The molecule has 74 valence electrons. The van der Waals surface area contributed by atoms with E-state index in [1.54, 1.807) is 6.08 Å². The number of nitrogens with one attached hydrogen (secondary N) is 1. The minimum Gasteiger partial charge on any atom is -0.356 e. The van der Waals surface area contributed by atoms with Crippen molar-refractivity contribution in [1.82, 2.24) is 5.32 Å². The van der Waals surface area contributed by atoms with Crippen LogP contribution in [0.4, 0.5) is 0 Å². The Morgan fingerprint density at radius 1 is 1.57 bits per heavy atom. The van der Waals surface area contributed by atoms with Crippen molar-refractivity contribution in [2.24, 2.45) is 11.8 Å². The van der Waals surface area contributed by atoms with Crippen LogP contribution < -0.4 is 5.32 Å². The Morgan fingerprint density at radius 3 is 3.07 bits per heavy atom.